The predicted octanol–water partition coefficient (Wildman–Crippen LogP) is 3.40. The second-order valence-corrected chi connectivity index (χ2v) is 7.54. The summed E-state index contributed by atoms with van der Waals surface area (Å²) in [5.41, 5.74) is 4.25. The molecular formula is C22H25N7. The summed E-state index contributed by atoms with van der Waals surface area (Å²) in [7, 11) is 0. The zero-order valence-corrected chi connectivity index (χ0v) is 16.3. The molecule has 1 fully saturated rings. The summed E-state index contributed by atoms with van der Waals surface area (Å²) in [4.78, 5) is 4.56. The fourth-order valence-corrected chi connectivity index (χ4v) is 3.92. The summed E-state index contributed by atoms with van der Waals surface area (Å²) in [5.74, 6) is 0.844. The molecule has 7 heteroatoms. The van der Waals surface area contributed by atoms with Gasteiger partial charge in [0.25, 0.3) is 0 Å². The van der Waals surface area contributed by atoms with Gasteiger partial charge in [-0.1, -0.05) is 30.3 Å². The van der Waals surface area contributed by atoms with Crippen LogP contribution in [0.1, 0.15) is 24.4 Å². The van der Waals surface area contributed by atoms with E-state index in [9.17, 15) is 0 Å². The quantitative estimate of drug-likeness (QED) is 0.472. The first-order valence-electron chi connectivity index (χ1n) is 10.2. The molecule has 0 bridgehead atoms. The van der Waals surface area contributed by atoms with E-state index in [0.717, 1.165) is 66.9 Å². The van der Waals surface area contributed by atoms with Crippen LogP contribution in [0, 0.1) is 0 Å². The van der Waals surface area contributed by atoms with Crippen LogP contribution in [0.15, 0.2) is 55.0 Å². The monoisotopic (exact) mass is 387 g/mol. The summed E-state index contributed by atoms with van der Waals surface area (Å²) in [6.45, 7) is 2.93. The minimum atomic E-state index is 0.478. The molecule has 3 aromatic heterocycles. The van der Waals surface area contributed by atoms with Crippen LogP contribution in [-0.4, -0.2) is 44.6 Å². The van der Waals surface area contributed by atoms with Gasteiger partial charge in [0.2, 0.25) is 0 Å². The molecule has 0 amide bonds. The van der Waals surface area contributed by atoms with E-state index in [1.807, 2.05) is 18.5 Å². The Kier molecular flexibility index (Phi) is 4.96. The summed E-state index contributed by atoms with van der Waals surface area (Å²) < 4.78 is 2.11. The van der Waals surface area contributed by atoms with Crippen LogP contribution in [0.4, 0.5) is 5.82 Å². The number of nitrogens with zero attached hydrogens (tertiary/aromatic N) is 4. The second kappa shape index (κ2) is 8.05. The van der Waals surface area contributed by atoms with Crippen molar-refractivity contribution in [2.24, 2.45) is 0 Å². The fraction of sp³-hybridized carbons (Fsp3) is 0.318. The van der Waals surface area contributed by atoms with E-state index in [-0.39, 0.29) is 0 Å². The average molecular weight is 387 g/mol. The van der Waals surface area contributed by atoms with E-state index in [1.165, 1.54) is 5.56 Å². The minimum Gasteiger partial charge on any atom is -0.368 e. The van der Waals surface area contributed by atoms with Crippen molar-refractivity contribution in [3.63, 3.8) is 0 Å². The zero-order chi connectivity index (χ0) is 19.5. The molecule has 4 aromatic rings. The lowest BCUT2D eigenvalue weighted by atomic mass is 10.1. The first kappa shape index (κ1) is 17.9. The van der Waals surface area contributed by atoms with Crippen molar-refractivity contribution in [2.45, 2.75) is 25.3 Å². The number of piperidine rings is 1. The van der Waals surface area contributed by atoms with Crippen molar-refractivity contribution in [3.8, 4) is 11.1 Å². The van der Waals surface area contributed by atoms with Gasteiger partial charge in [-0.05, 0) is 44.0 Å². The van der Waals surface area contributed by atoms with Gasteiger partial charge in [0.1, 0.15) is 0 Å². The number of hydrogen-bond acceptors (Lipinski definition) is 5. The third kappa shape index (κ3) is 3.86. The Hall–Kier alpha value is -3.19. The third-order valence-electron chi connectivity index (χ3n) is 5.58. The molecule has 0 spiro atoms. The van der Waals surface area contributed by atoms with Crippen LogP contribution in [0.25, 0.3) is 22.2 Å². The molecule has 1 aliphatic rings. The van der Waals surface area contributed by atoms with E-state index < -0.39 is 0 Å². The maximum absolute atomic E-state index is 4.61. The molecule has 0 saturated carbocycles. The molecule has 29 heavy (non-hydrogen) atoms. The van der Waals surface area contributed by atoms with Gasteiger partial charge in [-0.25, -0.2) is 4.98 Å². The highest BCUT2D eigenvalue weighted by Crippen LogP contribution is 2.27. The summed E-state index contributed by atoms with van der Waals surface area (Å²) in [6, 6.07) is 13.1. The van der Waals surface area contributed by atoms with Crippen LogP contribution >= 0.6 is 0 Å². The van der Waals surface area contributed by atoms with Crippen molar-refractivity contribution < 1.29 is 0 Å². The minimum absolute atomic E-state index is 0.478. The summed E-state index contributed by atoms with van der Waals surface area (Å²) in [6.07, 6.45) is 9.16. The highest BCUT2D eigenvalue weighted by Gasteiger charge is 2.16. The predicted molar refractivity (Wildman–Crippen MR) is 115 cm³/mol. The number of H-pyrrole nitrogens is 1. The summed E-state index contributed by atoms with van der Waals surface area (Å²) in [5, 5.41) is 19.9. The van der Waals surface area contributed by atoms with E-state index in [1.54, 1.807) is 0 Å². The van der Waals surface area contributed by atoms with Crippen molar-refractivity contribution >= 4 is 16.9 Å². The van der Waals surface area contributed by atoms with Gasteiger partial charge in [0, 0.05) is 30.1 Å². The maximum atomic E-state index is 4.61. The fourth-order valence-electron chi connectivity index (χ4n) is 3.92. The zero-order valence-electron chi connectivity index (χ0n) is 16.3. The first-order chi connectivity index (χ1) is 14.4. The molecule has 1 aromatic carbocycles. The highest BCUT2D eigenvalue weighted by atomic mass is 15.3. The lowest BCUT2D eigenvalue weighted by Gasteiger charge is -2.22. The standard InChI is InChI=1S/C22H25N7/c1-2-4-16(5-3-1)6-11-24-21-20-12-17(13-25-22(20)28-27-21)18-14-26-29(15-18)19-7-9-23-10-8-19/h1-5,12-15,19,23H,6-11H2,(H2,24,25,27,28). The number of pyridine rings is 1. The van der Waals surface area contributed by atoms with Crippen LogP contribution < -0.4 is 10.6 Å². The van der Waals surface area contributed by atoms with Gasteiger partial charge in [0.05, 0.1) is 17.6 Å². The molecular weight excluding hydrogens is 362 g/mol. The van der Waals surface area contributed by atoms with Gasteiger partial charge < -0.3 is 10.6 Å². The van der Waals surface area contributed by atoms with Gasteiger partial charge in [0.15, 0.2) is 11.5 Å². The van der Waals surface area contributed by atoms with Gasteiger partial charge in [-0.3, -0.25) is 9.78 Å². The molecule has 148 valence electrons. The molecule has 1 saturated heterocycles. The number of anilines is 1. The summed E-state index contributed by atoms with van der Waals surface area (Å²) >= 11 is 0. The van der Waals surface area contributed by atoms with Crippen LogP contribution in [0.5, 0.6) is 0 Å². The Morgan fingerprint density at radius 3 is 2.79 bits per heavy atom. The highest BCUT2D eigenvalue weighted by molar-refractivity contribution is 5.90. The Labute approximate surface area is 169 Å². The van der Waals surface area contributed by atoms with Gasteiger partial charge >= 0.3 is 0 Å². The average Bonchev–Trinajstić information content (AvgIpc) is 3.43. The Balaban J connectivity index is 1.33. The molecule has 4 heterocycles. The number of nitrogens with one attached hydrogen (secondary N) is 3. The van der Waals surface area contributed by atoms with Crippen molar-refractivity contribution in [3.05, 3.63) is 60.6 Å². The van der Waals surface area contributed by atoms with Crippen LogP contribution in [-0.2, 0) is 6.42 Å². The number of aromatic nitrogens is 5. The number of fused-ring (bicyclic) bond motifs is 1. The lowest BCUT2D eigenvalue weighted by Crippen LogP contribution is -2.29. The smallest absolute Gasteiger partial charge is 0.157 e. The normalized spacial score (nSPS) is 15.0. The molecule has 0 radical (unpaired) electrons. The molecule has 0 aliphatic carbocycles. The van der Waals surface area contributed by atoms with E-state index in [2.05, 4.69) is 72.1 Å². The van der Waals surface area contributed by atoms with E-state index in [4.69, 9.17) is 0 Å². The molecule has 1 aliphatic heterocycles. The Morgan fingerprint density at radius 1 is 1.07 bits per heavy atom. The number of hydrogen-bond donors (Lipinski definition) is 3. The Bertz CT molecular complexity index is 1080. The largest absolute Gasteiger partial charge is 0.368 e. The van der Waals surface area contributed by atoms with E-state index >= 15 is 0 Å². The number of benzene rings is 1. The van der Waals surface area contributed by atoms with Crippen molar-refractivity contribution in [1.82, 2.24) is 30.3 Å². The Morgan fingerprint density at radius 2 is 1.93 bits per heavy atom. The molecule has 5 rings (SSSR count). The topological polar surface area (TPSA) is 83.5 Å². The van der Waals surface area contributed by atoms with Gasteiger partial charge in [-0.2, -0.15) is 10.2 Å². The first-order valence-corrected chi connectivity index (χ1v) is 10.2. The molecule has 7 nitrogen and oxygen atoms in total. The van der Waals surface area contributed by atoms with Crippen LogP contribution in [0.3, 0.4) is 0 Å². The van der Waals surface area contributed by atoms with Crippen molar-refractivity contribution in [1.29, 1.82) is 0 Å². The van der Waals surface area contributed by atoms with Crippen LogP contribution in [0.2, 0.25) is 0 Å². The second-order valence-electron chi connectivity index (χ2n) is 7.54. The van der Waals surface area contributed by atoms with Crippen molar-refractivity contribution in [2.75, 3.05) is 25.0 Å². The SMILES string of the molecule is c1ccc(CCNc2n[nH]c3ncc(-c4cnn(C5CCNCC5)c4)cc23)cc1. The third-order valence-corrected chi connectivity index (χ3v) is 5.58. The van der Waals surface area contributed by atoms with E-state index in [0.29, 0.717) is 6.04 Å². The lowest BCUT2D eigenvalue weighted by molar-refractivity contribution is 0.343. The molecule has 3 N–H and O–H groups in total. The molecule has 0 unspecified atom stereocenters. The number of rotatable bonds is 6. The number of aromatic amines is 1. The maximum Gasteiger partial charge on any atom is 0.157 e. The molecule has 0 atom stereocenters. The van der Waals surface area contributed by atoms with Gasteiger partial charge in [-0.15, -0.1) is 0 Å².